The fourth-order valence-electron chi connectivity index (χ4n) is 0.485. The lowest BCUT2D eigenvalue weighted by Crippen LogP contribution is -2.27. The minimum absolute atomic E-state index is 1.00. The van der Waals surface area contributed by atoms with E-state index in [9.17, 15) is 0 Å². The van der Waals surface area contributed by atoms with E-state index in [1.54, 1.807) is 0 Å². The maximum atomic E-state index is 2.12. The van der Waals surface area contributed by atoms with Crippen LogP contribution in [0.5, 0.6) is 0 Å². The fraction of sp³-hybridized carbons (Fsp3) is 0.500. The second-order valence-electron chi connectivity index (χ2n) is 4.22. The van der Waals surface area contributed by atoms with Crippen molar-refractivity contribution in [3.05, 3.63) is 30.6 Å². The monoisotopic (exact) mass is 422 g/mol. The van der Waals surface area contributed by atoms with Gasteiger partial charge in [-0.1, -0.05) is 6.07 Å². The summed E-state index contributed by atoms with van der Waals surface area (Å²) in [5.74, 6) is 0. The van der Waals surface area contributed by atoms with Gasteiger partial charge in [-0.2, -0.15) is 0 Å². The van der Waals surface area contributed by atoms with Gasteiger partial charge in [0.1, 0.15) is 7.05 Å². The second kappa shape index (κ2) is 10.1. The Labute approximate surface area is 111 Å². The Bertz CT molecular complexity index is 201. The van der Waals surface area contributed by atoms with Gasteiger partial charge in [-0.25, -0.2) is 4.57 Å². The van der Waals surface area contributed by atoms with Crippen molar-refractivity contribution < 1.29 is 9.05 Å². The van der Waals surface area contributed by atoms with E-state index < -0.39 is 0 Å². The van der Waals surface area contributed by atoms with E-state index in [2.05, 4.69) is 65.4 Å². The van der Waals surface area contributed by atoms with E-state index in [1.165, 1.54) is 0 Å². The van der Waals surface area contributed by atoms with Crippen LogP contribution in [0.2, 0.25) is 0 Å². The third-order valence-electron chi connectivity index (χ3n) is 0.865. The standard InChI is InChI=1S/C6H8N.C4H12N.I2/c1-7-5-3-2-4-6-7;1-5(2,3)4;1-2/h2-6H,1H3;1-4H3;/q2*+1;. The summed E-state index contributed by atoms with van der Waals surface area (Å²) in [6.45, 7) is 0. The van der Waals surface area contributed by atoms with Gasteiger partial charge in [0.05, 0.1) is 28.2 Å². The van der Waals surface area contributed by atoms with E-state index in [-0.39, 0.29) is 0 Å². The molecule has 14 heavy (non-hydrogen) atoms. The molecule has 1 aromatic rings. The summed E-state index contributed by atoms with van der Waals surface area (Å²) in [7, 11) is 10.5. The van der Waals surface area contributed by atoms with Crippen LogP contribution in [0, 0.1) is 0 Å². The van der Waals surface area contributed by atoms with Crippen LogP contribution in [0.1, 0.15) is 0 Å². The van der Waals surface area contributed by atoms with E-state index in [1.807, 2.05) is 42.2 Å². The van der Waals surface area contributed by atoms with Crippen molar-refractivity contribution in [2.75, 3.05) is 28.2 Å². The molecule has 0 aliphatic heterocycles. The molecule has 0 amide bonds. The van der Waals surface area contributed by atoms with Crippen molar-refractivity contribution in [2.24, 2.45) is 7.05 Å². The lowest BCUT2D eigenvalue weighted by Gasteiger charge is -2.14. The largest absolute Gasteiger partial charge is 0.333 e. The highest BCUT2D eigenvalue weighted by atomic mass is 128. The van der Waals surface area contributed by atoms with Gasteiger partial charge in [0.15, 0.2) is 12.4 Å². The molecule has 0 atom stereocenters. The van der Waals surface area contributed by atoms with Crippen molar-refractivity contribution >= 4 is 37.2 Å². The second-order valence-corrected chi connectivity index (χ2v) is 4.22. The Kier molecular flexibility index (Phi) is 12.3. The topological polar surface area (TPSA) is 3.88 Å². The minimum Gasteiger partial charge on any atom is -0.333 e. The molecule has 0 aromatic carbocycles. The Morgan fingerprint density at radius 2 is 1.14 bits per heavy atom. The Morgan fingerprint density at radius 3 is 1.29 bits per heavy atom. The van der Waals surface area contributed by atoms with Crippen LogP contribution in [0.4, 0.5) is 0 Å². The van der Waals surface area contributed by atoms with Crippen LogP contribution in [-0.2, 0) is 7.05 Å². The SMILES string of the molecule is C[N+](C)(C)C.C[n+]1ccccc1.II. The summed E-state index contributed by atoms with van der Waals surface area (Å²) in [6.07, 6.45) is 4.00. The van der Waals surface area contributed by atoms with Gasteiger partial charge in [-0.3, -0.25) is 0 Å². The van der Waals surface area contributed by atoms with E-state index in [0.29, 0.717) is 0 Å². The molecule has 1 rings (SSSR count). The van der Waals surface area contributed by atoms with Gasteiger partial charge in [0.25, 0.3) is 0 Å². The Balaban J connectivity index is 0. The summed E-state index contributed by atoms with van der Waals surface area (Å²) in [6, 6.07) is 6.00. The number of pyridine rings is 1. The molecule has 82 valence electrons. The van der Waals surface area contributed by atoms with Gasteiger partial charge in [-0.05, 0) is 0 Å². The number of hydrogen-bond acceptors (Lipinski definition) is 0. The van der Waals surface area contributed by atoms with E-state index in [4.69, 9.17) is 0 Å². The molecule has 0 saturated carbocycles. The Morgan fingerprint density at radius 1 is 0.857 bits per heavy atom. The molecule has 0 unspecified atom stereocenters. The first-order valence-electron chi connectivity index (χ1n) is 4.23. The molecule has 0 fully saturated rings. The zero-order valence-corrected chi connectivity index (χ0v) is 13.9. The first-order valence-corrected chi connectivity index (χ1v) is 10.5. The summed E-state index contributed by atoms with van der Waals surface area (Å²) in [5.41, 5.74) is 0. The highest BCUT2D eigenvalue weighted by Gasteiger charge is 1.88. The summed E-state index contributed by atoms with van der Waals surface area (Å²) in [5, 5.41) is 0. The van der Waals surface area contributed by atoms with Crippen LogP contribution in [0.3, 0.4) is 0 Å². The smallest absolute Gasteiger partial charge is 0.168 e. The zero-order chi connectivity index (χ0) is 11.6. The first-order chi connectivity index (χ1) is 6.39. The number of aromatic nitrogens is 1. The van der Waals surface area contributed by atoms with Gasteiger partial charge >= 0.3 is 0 Å². The lowest BCUT2D eigenvalue weighted by molar-refractivity contribution is -0.849. The van der Waals surface area contributed by atoms with Crippen LogP contribution >= 0.6 is 37.2 Å². The van der Waals surface area contributed by atoms with E-state index >= 15 is 0 Å². The first kappa shape index (κ1) is 17.0. The number of rotatable bonds is 0. The summed E-state index contributed by atoms with van der Waals surface area (Å²) < 4.78 is 3.00. The van der Waals surface area contributed by atoms with Gasteiger partial charge in [-0.15, -0.1) is 0 Å². The number of nitrogens with zero attached hydrogens (tertiary/aromatic N) is 2. The third-order valence-corrected chi connectivity index (χ3v) is 0.865. The van der Waals surface area contributed by atoms with Crippen molar-refractivity contribution in [1.29, 1.82) is 0 Å². The van der Waals surface area contributed by atoms with Crippen molar-refractivity contribution in [3.8, 4) is 0 Å². The molecular weight excluding hydrogens is 402 g/mol. The summed E-state index contributed by atoms with van der Waals surface area (Å²) in [4.78, 5) is 0. The number of hydrogen-bond donors (Lipinski definition) is 0. The number of quaternary nitrogens is 1. The predicted molar refractivity (Wildman–Crippen MR) is 79.6 cm³/mol. The van der Waals surface area contributed by atoms with Crippen LogP contribution in [0.25, 0.3) is 0 Å². The van der Waals surface area contributed by atoms with E-state index in [0.717, 1.165) is 4.48 Å². The lowest BCUT2D eigenvalue weighted by atomic mass is 10.5. The molecule has 0 bridgehead atoms. The molecule has 0 N–H and O–H groups in total. The molecular formula is C10H20I2N2+2. The maximum absolute atomic E-state index is 2.12. The fourth-order valence-corrected chi connectivity index (χ4v) is 0.485. The van der Waals surface area contributed by atoms with Crippen LogP contribution < -0.4 is 4.57 Å². The molecule has 0 spiro atoms. The third kappa shape index (κ3) is 22.9. The maximum Gasteiger partial charge on any atom is 0.168 e. The van der Waals surface area contributed by atoms with Crippen molar-refractivity contribution in [1.82, 2.24) is 0 Å². The number of aryl methyl sites for hydroxylation is 1. The van der Waals surface area contributed by atoms with Crippen molar-refractivity contribution in [3.63, 3.8) is 0 Å². The average molecular weight is 422 g/mol. The molecule has 1 heterocycles. The molecule has 1 aromatic heterocycles. The minimum atomic E-state index is 1.00. The highest BCUT2D eigenvalue weighted by molar-refractivity contribution is 15.0. The molecule has 2 nitrogen and oxygen atoms in total. The molecule has 4 heteroatoms. The van der Waals surface area contributed by atoms with Crippen LogP contribution in [-0.4, -0.2) is 32.7 Å². The summed E-state index contributed by atoms with van der Waals surface area (Å²) >= 11 is 4.24. The molecule has 0 saturated heterocycles. The normalized spacial score (nSPS) is 9.07. The highest BCUT2D eigenvalue weighted by Crippen LogP contribution is 1.89. The molecule has 0 radical (unpaired) electrons. The zero-order valence-electron chi connectivity index (χ0n) is 9.54. The molecule has 0 aliphatic carbocycles. The van der Waals surface area contributed by atoms with Crippen LogP contribution in [0.15, 0.2) is 30.6 Å². The number of halogens is 2. The van der Waals surface area contributed by atoms with Gasteiger partial charge < -0.3 is 4.48 Å². The van der Waals surface area contributed by atoms with Crippen molar-refractivity contribution in [2.45, 2.75) is 0 Å². The predicted octanol–water partition coefficient (Wildman–Crippen LogP) is 2.60. The average Bonchev–Trinajstić information content (AvgIpc) is 2.06. The molecule has 0 aliphatic rings. The van der Waals surface area contributed by atoms with Gasteiger partial charge in [0.2, 0.25) is 0 Å². The quantitative estimate of drug-likeness (QED) is 0.344. The van der Waals surface area contributed by atoms with Gasteiger partial charge in [0, 0.05) is 49.4 Å². The Hall–Kier alpha value is 0.570.